The molecule has 1 aromatic heterocycles. The number of rotatable bonds is 6. The Morgan fingerprint density at radius 2 is 1.89 bits per heavy atom. The third-order valence-electron chi connectivity index (χ3n) is 4.06. The molecule has 0 spiro atoms. The van der Waals surface area contributed by atoms with Gasteiger partial charge in [0.15, 0.2) is 0 Å². The van der Waals surface area contributed by atoms with Gasteiger partial charge in [-0.3, -0.25) is 4.79 Å². The van der Waals surface area contributed by atoms with Crippen molar-refractivity contribution >= 4 is 12.0 Å². The van der Waals surface area contributed by atoms with Gasteiger partial charge in [-0.2, -0.15) is 5.26 Å². The zero-order valence-electron chi connectivity index (χ0n) is 14.9. The quantitative estimate of drug-likeness (QED) is 0.540. The highest BCUT2D eigenvalue weighted by Gasteiger charge is 2.09. The Bertz CT molecular complexity index is 980. The fourth-order valence-electron chi connectivity index (χ4n) is 2.60. The van der Waals surface area contributed by atoms with E-state index in [-0.39, 0.29) is 5.57 Å². The van der Waals surface area contributed by atoms with Crippen LogP contribution in [0.2, 0.25) is 0 Å². The molecule has 134 valence electrons. The van der Waals surface area contributed by atoms with Crippen molar-refractivity contribution in [1.29, 1.82) is 5.26 Å². The van der Waals surface area contributed by atoms with E-state index in [9.17, 15) is 10.1 Å². The van der Waals surface area contributed by atoms with E-state index in [1.807, 2.05) is 83.7 Å². The zero-order valence-corrected chi connectivity index (χ0v) is 14.9. The summed E-state index contributed by atoms with van der Waals surface area (Å²) in [6, 6.07) is 21.0. The van der Waals surface area contributed by atoms with Crippen LogP contribution in [0.1, 0.15) is 11.1 Å². The summed E-state index contributed by atoms with van der Waals surface area (Å²) in [6.45, 7) is 0.381. The molecule has 0 atom stereocenters. The van der Waals surface area contributed by atoms with Crippen LogP contribution in [-0.2, 0) is 11.3 Å². The van der Waals surface area contributed by atoms with Gasteiger partial charge in [0.2, 0.25) is 0 Å². The van der Waals surface area contributed by atoms with Crippen LogP contribution in [0.4, 0.5) is 0 Å². The van der Waals surface area contributed by atoms with Crippen molar-refractivity contribution in [3.63, 3.8) is 0 Å². The second-order valence-corrected chi connectivity index (χ2v) is 5.89. The predicted molar refractivity (Wildman–Crippen MR) is 104 cm³/mol. The van der Waals surface area contributed by atoms with Gasteiger partial charge >= 0.3 is 0 Å². The molecule has 1 N–H and O–H groups in total. The van der Waals surface area contributed by atoms with Crippen LogP contribution in [-0.4, -0.2) is 17.6 Å². The molecule has 5 heteroatoms. The van der Waals surface area contributed by atoms with Gasteiger partial charge in [0, 0.05) is 24.6 Å². The minimum absolute atomic E-state index is 0.0680. The first-order valence-corrected chi connectivity index (χ1v) is 8.46. The minimum Gasteiger partial charge on any atom is -0.497 e. The number of nitrogens with one attached hydrogen (secondary N) is 1. The van der Waals surface area contributed by atoms with Gasteiger partial charge in [-0.25, -0.2) is 0 Å². The molecule has 0 fully saturated rings. The summed E-state index contributed by atoms with van der Waals surface area (Å²) in [5, 5.41) is 12.1. The van der Waals surface area contributed by atoms with Crippen LogP contribution < -0.4 is 10.1 Å². The predicted octanol–water partition coefficient (Wildman–Crippen LogP) is 3.71. The van der Waals surface area contributed by atoms with Crippen molar-refractivity contribution in [1.82, 2.24) is 9.88 Å². The number of amides is 1. The van der Waals surface area contributed by atoms with E-state index in [1.165, 1.54) is 0 Å². The molecule has 0 radical (unpaired) electrons. The minimum atomic E-state index is -0.390. The second kappa shape index (κ2) is 8.54. The molecule has 27 heavy (non-hydrogen) atoms. The molecule has 5 nitrogen and oxygen atoms in total. The Labute approximate surface area is 158 Å². The van der Waals surface area contributed by atoms with Crippen molar-refractivity contribution in [3.05, 3.63) is 89.8 Å². The number of carbonyl (C=O) groups excluding carboxylic acids is 1. The number of benzene rings is 2. The maximum Gasteiger partial charge on any atom is 0.262 e. The van der Waals surface area contributed by atoms with E-state index in [0.29, 0.717) is 6.54 Å². The van der Waals surface area contributed by atoms with Gasteiger partial charge in [0.05, 0.1) is 7.11 Å². The number of nitriles is 1. The van der Waals surface area contributed by atoms with Crippen LogP contribution >= 0.6 is 0 Å². The lowest BCUT2D eigenvalue weighted by Crippen LogP contribution is -2.23. The highest BCUT2D eigenvalue weighted by Crippen LogP contribution is 2.17. The van der Waals surface area contributed by atoms with E-state index < -0.39 is 5.91 Å². The van der Waals surface area contributed by atoms with Crippen LogP contribution in [0.3, 0.4) is 0 Å². The summed E-state index contributed by atoms with van der Waals surface area (Å²) in [4.78, 5) is 12.3. The fraction of sp³-hybridized carbons (Fsp3) is 0.0909. The van der Waals surface area contributed by atoms with Crippen molar-refractivity contribution in [2.24, 2.45) is 0 Å². The first-order chi connectivity index (χ1) is 13.2. The van der Waals surface area contributed by atoms with Gasteiger partial charge < -0.3 is 14.6 Å². The lowest BCUT2D eigenvalue weighted by molar-refractivity contribution is -0.117. The number of hydrogen-bond acceptors (Lipinski definition) is 3. The summed E-state index contributed by atoms with van der Waals surface area (Å²) in [5.74, 6) is 0.395. The van der Waals surface area contributed by atoms with Gasteiger partial charge in [0.1, 0.15) is 17.4 Å². The number of nitrogens with zero attached hydrogens (tertiary/aromatic N) is 2. The smallest absolute Gasteiger partial charge is 0.262 e. The van der Waals surface area contributed by atoms with Gasteiger partial charge in [-0.1, -0.05) is 30.3 Å². The molecule has 1 amide bonds. The zero-order chi connectivity index (χ0) is 19.1. The molecular weight excluding hydrogens is 338 g/mol. The maximum atomic E-state index is 12.3. The summed E-state index contributed by atoms with van der Waals surface area (Å²) in [6.07, 6.45) is 5.33. The average molecular weight is 357 g/mol. The van der Waals surface area contributed by atoms with E-state index >= 15 is 0 Å². The highest BCUT2D eigenvalue weighted by molar-refractivity contribution is 6.01. The first kappa shape index (κ1) is 18.0. The fourth-order valence-corrected chi connectivity index (χ4v) is 2.60. The Kier molecular flexibility index (Phi) is 5.70. The average Bonchev–Trinajstić information content (AvgIpc) is 3.19. The molecule has 2 aromatic carbocycles. The van der Waals surface area contributed by atoms with Gasteiger partial charge in [-0.15, -0.1) is 0 Å². The van der Waals surface area contributed by atoms with Crippen molar-refractivity contribution in [3.8, 4) is 17.5 Å². The normalized spacial score (nSPS) is 10.9. The van der Waals surface area contributed by atoms with Crippen molar-refractivity contribution in [2.45, 2.75) is 6.54 Å². The van der Waals surface area contributed by atoms with E-state index in [1.54, 1.807) is 13.2 Å². The largest absolute Gasteiger partial charge is 0.497 e. The summed E-state index contributed by atoms with van der Waals surface area (Å²) < 4.78 is 7.08. The van der Waals surface area contributed by atoms with Crippen LogP contribution in [0.15, 0.2) is 78.6 Å². The molecule has 3 aromatic rings. The third-order valence-corrected chi connectivity index (χ3v) is 4.06. The summed E-state index contributed by atoms with van der Waals surface area (Å²) in [5.41, 5.74) is 2.78. The van der Waals surface area contributed by atoms with Crippen molar-refractivity contribution in [2.75, 3.05) is 7.11 Å². The molecule has 0 aliphatic carbocycles. The number of aromatic nitrogens is 1. The van der Waals surface area contributed by atoms with Crippen LogP contribution in [0.25, 0.3) is 11.8 Å². The SMILES string of the molecule is COc1ccc(-n2ccc(/C=C(\C#N)C(=O)NCc3ccccc3)c2)cc1. The number of ether oxygens (including phenoxy) is 1. The topological polar surface area (TPSA) is 67.0 Å². The lowest BCUT2D eigenvalue weighted by Gasteiger charge is -2.04. The standard InChI is InChI=1S/C22H19N3O2/c1-27-21-9-7-20(8-10-21)25-12-11-18(16-25)13-19(14-23)22(26)24-15-17-5-3-2-4-6-17/h2-13,16H,15H2,1H3,(H,24,26)/b19-13+. The molecule has 0 unspecified atom stereocenters. The number of carbonyl (C=O) groups is 1. The van der Waals surface area contributed by atoms with Crippen LogP contribution in [0.5, 0.6) is 5.75 Å². The lowest BCUT2D eigenvalue weighted by atomic mass is 10.2. The van der Waals surface area contributed by atoms with E-state index in [0.717, 1.165) is 22.6 Å². The highest BCUT2D eigenvalue weighted by atomic mass is 16.5. The van der Waals surface area contributed by atoms with E-state index in [2.05, 4.69) is 5.32 Å². The monoisotopic (exact) mass is 357 g/mol. The second-order valence-electron chi connectivity index (χ2n) is 5.89. The Balaban J connectivity index is 1.71. The summed E-state index contributed by atoms with van der Waals surface area (Å²) in [7, 11) is 1.62. The Morgan fingerprint density at radius 1 is 1.15 bits per heavy atom. The molecule has 0 saturated heterocycles. The van der Waals surface area contributed by atoms with Gasteiger partial charge in [0.25, 0.3) is 5.91 Å². The molecule has 0 bridgehead atoms. The Morgan fingerprint density at radius 3 is 2.56 bits per heavy atom. The number of methoxy groups -OCH3 is 1. The van der Waals surface area contributed by atoms with Crippen LogP contribution in [0, 0.1) is 11.3 Å². The first-order valence-electron chi connectivity index (χ1n) is 8.46. The van der Waals surface area contributed by atoms with Gasteiger partial charge in [-0.05, 0) is 47.5 Å². The molecular formula is C22H19N3O2. The molecule has 1 heterocycles. The third kappa shape index (κ3) is 4.65. The Hall–Kier alpha value is -3.78. The maximum absolute atomic E-state index is 12.3. The summed E-state index contributed by atoms with van der Waals surface area (Å²) >= 11 is 0. The van der Waals surface area contributed by atoms with E-state index in [4.69, 9.17) is 4.74 Å². The molecule has 3 rings (SSSR count). The molecule has 0 aliphatic heterocycles. The number of hydrogen-bond donors (Lipinski definition) is 1. The molecule has 0 saturated carbocycles. The molecule has 0 aliphatic rings. The van der Waals surface area contributed by atoms with Crippen molar-refractivity contribution < 1.29 is 9.53 Å².